The first-order chi connectivity index (χ1) is 7.88. The van der Waals surface area contributed by atoms with E-state index < -0.39 is 6.10 Å². The Balaban J connectivity index is 3.08. The number of aryl methyl sites for hydroxylation is 1. The molecule has 5 heteroatoms. The zero-order valence-electron chi connectivity index (χ0n) is 11.2. The third-order valence-electron chi connectivity index (χ3n) is 2.75. The van der Waals surface area contributed by atoms with E-state index >= 15 is 0 Å². The van der Waals surface area contributed by atoms with Crippen LogP contribution in [0.15, 0.2) is 0 Å². The van der Waals surface area contributed by atoms with Gasteiger partial charge in [0.25, 0.3) is 5.91 Å². The van der Waals surface area contributed by atoms with Gasteiger partial charge in [0.2, 0.25) is 0 Å². The van der Waals surface area contributed by atoms with Crippen LogP contribution in [0.25, 0.3) is 0 Å². The van der Waals surface area contributed by atoms with Crippen LogP contribution < -0.4 is 5.73 Å². The zero-order valence-corrected chi connectivity index (χ0v) is 11.2. The Hall–Kier alpha value is -1.36. The lowest BCUT2D eigenvalue weighted by atomic mass is 10.0. The van der Waals surface area contributed by atoms with Crippen molar-refractivity contribution >= 4 is 11.7 Å². The summed E-state index contributed by atoms with van der Waals surface area (Å²) in [4.78, 5) is 11.9. The van der Waals surface area contributed by atoms with Gasteiger partial charge in [-0.2, -0.15) is 9.78 Å². The Kier molecular flexibility index (Phi) is 4.28. The van der Waals surface area contributed by atoms with Crippen molar-refractivity contribution in [2.75, 3.05) is 12.8 Å². The van der Waals surface area contributed by atoms with Crippen molar-refractivity contribution in [2.24, 2.45) is 5.92 Å². The van der Waals surface area contributed by atoms with Gasteiger partial charge in [0.15, 0.2) is 0 Å². The summed E-state index contributed by atoms with van der Waals surface area (Å²) in [7, 11) is 1.49. The van der Waals surface area contributed by atoms with Crippen LogP contribution in [0.4, 0.5) is 5.82 Å². The summed E-state index contributed by atoms with van der Waals surface area (Å²) in [6, 6.07) is 0. The number of hydrogen-bond acceptors (Lipinski definition) is 4. The molecule has 96 valence electrons. The molecule has 0 spiro atoms. The maximum absolute atomic E-state index is 11.9. The molecule has 0 aliphatic heterocycles. The van der Waals surface area contributed by atoms with E-state index in [2.05, 4.69) is 18.9 Å². The number of carbonyl (C=O) groups is 1. The van der Waals surface area contributed by atoms with Gasteiger partial charge < -0.3 is 10.5 Å². The highest BCUT2D eigenvalue weighted by Crippen LogP contribution is 2.20. The van der Waals surface area contributed by atoms with Crippen molar-refractivity contribution in [3.63, 3.8) is 0 Å². The van der Waals surface area contributed by atoms with E-state index in [9.17, 15) is 4.79 Å². The van der Waals surface area contributed by atoms with Crippen molar-refractivity contribution < 1.29 is 9.53 Å². The highest BCUT2D eigenvalue weighted by Gasteiger charge is 2.21. The molecule has 1 heterocycles. The first-order valence-electron chi connectivity index (χ1n) is 5.79. The van der Waals surface area contributed by atoms with Gasteiger partial charge in [-0.3, -0.25) is 4.79 Å². The number of carbonyl (C=O) groups excluding carboxylic acids is 1. The van der Waals surface area contributed by atoms with Crippen LogP contribution in [0.2, 0.25) is 0 Å². The smallest absolute Gasteiger partial charge is 0.277 e. The molecule has 0 aromatic carbocycles. The topological polar surface area (TPSA) is 70.1 Å². The highest BCUT2D eigenvalue weighted by atomic mass is 16.5. The van der Waals surface area contributed by atoms with Crippen LogP contribution in [0, 0.1) is 12.8 Å². The summed E-state index contributed by atoms with van der Waals surface area (Å²) in [6.07, 6.45) is 0.287. The molecule has 0 fully saturated rings. The second kappa shape index (κ2) is 5.31. The Labute approximate surface area is 102 Å². The summed E-state index contributed by atoms with van der Waals surface area (Å²) < 4.78 is 6.24. The molecule has 5 nitrogen and oxygen atoms in total. The first kappa shape index (κ1) is 13.7. The van der Waals surface area contributed by atoms with E-state index in [1.165, 1.54) is 11.8 Å². The van der Waals surface area contributed by atoms with E-state index in [1.54, 1.807) is 6.92 Å². The molecule has 1 aromatic heterocycles. The molecule has 0 saturated carbocycles. The summed E-state index contributed by atoms with van der Waals surface area (Å²) in [6.45, 7) is 7.77. The number of nitrogen functional groups attached to an aromatic ring is 1. The molecule has 1 unspecified atom stereocenters. The van der Waals surface area contributed by atoms with Gasteiger partial charge in [-0.15, -0.1) is 0 Å². The van der Waals surface area contributed by atoms with E-state index in [0.29, 0.717) is 11.7 Å². The van der Waals surface area contributed by atoms with Gasteiger partial charge in [-0.05, 0) is 26.2 Å². The van der Waals surface area contributed by atoms with Gasteiger partial charge in [0.1, 0.15) is 11.9 Å². The van der Waals surface area contributed by atoms with Crippen LogP contribution in [0.5, 0.6) is 0 Å². The summed E-state index contributed by atoms with van der Waals surface area (Å²) >= 11 is 0. The molecule has 1 rings (SSSR count). The van der Waals surface area contributed by atoms with E-state index in [1.807, 2.05) is 6.92 Å². The SMILES string of the molecule is COC(C)C(=O)n1nc(C)c(CC(C)C)c1N. The normalized spacial score (nSPS) is 13.1. The summed E-state index contributed by atoms with van der Waals surface area (Å²) in [5.74, 6) is 0.678. The van der Waals surface area contributed by atoms with Crippen molar-refractivity contribution in [2.45, 2.75) is 40.2 Å². The third-order valence-corrected chi connectivity index (χ3v) is 2.75. The molecule has 0 bridgehead atoms. The average Bonchev–Trinajstić information content (AvgIpc) is 2.54. The molecule has 0 radical (unpaired) electrons. The molecule has 1 aromatic rings. The molecular formula is C12H21N3O2. The minimum absolute atomic E-state index is 0.233. The number of nitrogens with two attached hydrogens (primary N) is 1. The highest BCUT2D eigenvalue weighted by molar-refractivity contribution is 5.85. The fourth-order valence-electron chi connectivity index (χ4n) is 1.68. The van der Waals surface area contributed by atoms with Crippen LogP contribution in [-0.2, 0) is 11.2 Å². The minimum Gasteiger partial charge on any atom is -0.383 e. The Morgan fingerprint density at radius 2 is 2.06 bits per heavy atom. The maximum Gasteiger partial charge on any atom is 0.277 e. The number of methoxy groups -OCH3 is 1. The number of anilines is 1. The van der Waals surface area contributed by atoms with Crippen molar-refractivity contribution in [3.8, 4) is 0 Å². The van der Waals surface area contributed by atoms with Gasteiger partial charge in [0, 0.05) is 12.7 Å². The number of ether oxygens (including phenoxy) is 1. The minimum atomic E-state index is -0.538. The lowest BCUT2D eigenvalue weighted by molar-refractivity contribution is 0.0552. The van der Waals surface area contributed by atoms with Gasteiger partial charge in [-0.1, -0.05) is 13.8 Å². The van der Waals surface area contributed by atoms with Crippen LogP contribution in [0.3, 0.4) is 0 Å². The quantitative estimate of drug-likeness (QED) is 0.867. The predicted molar refractivity (Wildman–Crippen MR) is 67.0 cm³/mol. The zero-order chi connectivity index (χ0) is 13.2. The first-order valence-corrected chi connectivity index (χ1v) is 5.79. The van der Waals surface area contributed by atoms with Gasteiger partial charge in [-0.25, -0.2) is 0 Å². The van der Waals surface area contributed by atoms with Crippen molar-refractivity contribution in [1.82, 2.24) is 9.78 Å². The number of nitrogens with zero attached hydrogens (tertiary/aromatic N) is 2. The molecule has 17 heavy (non-hydrogen) atoms. The summed E-state index contributed by atoms with van der Waals surface area (Å²) in [5.41, 5.74) is 7.74. The largest absolute Gasteiger partial charge is 0.383 e. The summed E-state index contributed by atoms with van der Waals surface area (Å²) in [5, 5.41) is 4.19. The van der Waals surface area contributed by atoms with Crippen molar-refractivity contribution in [3.05, 3.63) is 11.3 Å². The molecular weight excluding hydrogens is 218 g/mol. The lowest BCUT2D eigenvalue weighted by Gasteiger charge is -2.09. The number of hydrogen-bond donors (Lipinski definition) is 1. The Morgan fingerprint density at radius 3 is 2.53 bits per heavy atom. The third kappa shape index (κ3) is 2.85. The van der Waals surface area contributed by atoms with Crippen LogP contribution in [0.1, 0.15) is 36.8 Å². The van der Waals surface area contributed by atoms with E-state index in [4.69, 9.17) is 10.5 Å². The van der Waals surface area contributed by atoms with E-state index in [0.717, 1.165) is 17.7 Å². The number of rotatable bonds is 4. The van der Waals surface area contributed by atoms with Crippen molar-refractivity contribution in [1.29, 1.82) is 0 Å². The second-order valence-electron chi connectivity index (χ2n) is 4.68. The van der Waals surface area contributed by atoms with Gasteiger partial charge in [0.05, 0.1) is 5.69 Å². The molecule has 0 aliphatic carbocycles. The van der Waals surface area contributed by atoms with Gasteiger partial charge >= 0.3 is 0 Å². The molecule has 0 saturated heterocycles. The fourth-order valence-corrected chi connectivity index (χ4v) is 1.68. The Bertz CT molecular complexity index is 410. The van der Waals surface area contributed by atoms with E-state index in [-0.39, 0.29) is 5.91 Å². The maximum atomic E-state index is 11.9. The average molecular weight is 239 g/mol. The second-order valence-corrected chi connectivity index (χ2v) is 4.68. The molecule has 1 atom stereocenters. The molecule has 0 aliphatic rings. The predicted octanol–water partition coefficient (Wildman–Crippen LogP) is 1.65. The van der Waals surface area contributed by atoms with Crippen LogP contribution >= 0.6 is 0 Å². The lowest BCUT2D eigenvalue weighted by Crippen LogP contribution is -2.27. The molecule has 2 N–H and O–H groups in total. The van der Waals surface area contributed by atoms with Crippen LogP contribution in [-0.4, -0.2) is 28.9 Å². The standard InChI is InChI=1S/C12H21N3O2/c1-7(2)6-10-8(3)14-15(11(10)13)12(16)9(4)17-5/h7,9H,6,13H2,1-5H3. The number of aromatic nitrogens is 2. The fraction of sp³-hybridized carbons (Fsp3) is 0.667. The molecule has 0 amide bonds. The Morgan fingerprint density at radius 1 is 1.47 bits per heavy atom. The monoisotopic (exact) mass is 239 g/mol.